The number of hydrogen-bond acceptors (Lipinski definition) is 7. The van der Waals surface area contributed by atoms with Gasteiger partial charge in [0, 0.05) is 16.7 Å². The number of thioether (sulfide) groups is 1. The molecule has 0 unspecified atom stereocenters. The number of furan rings is 1. The van der Waals surface area contributed by atoms with E-state index in [-0.39, 0.29) is 5.76 Å². The van der Waals surface area contributed by atoms with Gasteiger partial charge in [0.2, 0.25) is 0 Å². The molecule has 0 aliphatic rings. The minimum absolute atomic E-state index is 0.243. The zero-order chi connectivity index (χ0) is 14.8. The maximum Gasteiger partial charge on any atom is 0.301 e. The predicted molar refractivity (Wildman–Crippen MR) is 82.1 cm³/mol. The van der Waals surface area contributed by atoms with Crippen LogP contribution in [0.1, 0.15) is 21.1 Å². The van der Waals surface area contributed by atoms with Crippen molar-refractivity contribution in [1.29, 1.82) is 0 Å². The van der Waals surface area contributed by atoms with Crippen LogP contribution in [0.15, 0.2) is 33.0 Å². The number of fused-ring (bicyclic) bond motifs is 1. The molecule has 3 rings (SSSR count). The third-order valence-corrected chi connectivity index (χ3v) is 4.88. The molecule has 0 fully saturated rings. The fraction of sp³-hybridized carbons (Fsp3) is 0.154. The average molecular weight is 320 g/mol. The second-order valence-electron chi connectivity index (χ2n) is 4.26. The Morgan fingerprint density at radius 3 is 2.95 bits per heavy atom. The van der Waals surface area contributed by atoms with Gasteiger partial charge in [-0.2, -0.15) is 0 Å². The molecule has 2 aromatic heterocycles. The zero-order valence-corrected chi connectivity index (χ0v) is 12.8. The number of carbonyl (C=O) groups excluding carboxylic acids is 1. The summed E-state index contributed by atoms with van der Waals surface area (Å²) in [6.07, 6.45) is 0. The van der Waals surface area contributed by atoms with Crippen molar-refractivity contribution < 1.29 is 9.21 Å². The summed E-state index contributed by atoms with van der Waals surface area (Å²) >= 11 is 3.04. The van der Waals surface area contributed by atoms with Crippen molar-refractivity contribution in [3.8, 4) is 0 Å². The third kappa shape index (κ3) is 2.78. The summed E-state index contributed by atoms with van der Waals surface area (Å²) in [5.41, 5.74) is 3.60. The lowest BCUT2D eigenvalue weighted by atomic mass is 10.1. The Labute approximate surface area is 128 Å². The van der Waals surface area contributed by atoms with Crippen LogP contribution in [0.2, 0.25) is 0 Å². The molecule has 0 saturated heterocycles. The molecule has 0 saturated carbocycles. The van der Waals surface area contributed by atoms with E-state index in [1.165, 1.54) is 23.1 Å². The van der Waals surface area contributed by atoms with E-state index < -0.39 is 5.91 Å². The lowest BCUT2D eigenvalue weighted by Crippen LogP contribution is -2.30. The molecule has 8 heteroatoms. The number of benzene rings is 1. The van der Waals surface area contributed by atoms with Gasteiger partial charge in [0.25, 0.3) is 0 Å². The largest absolute Gasteiger partial charge is 0.451 e. The van der Waals surface area contributed by atoms with E-state index in [0.29, 0.717) is 11.3 Å². The number of rotatable bonds is 4. The van der Waals surface area contributed by atoms with Crippen molar-refractivity contribution in [3.63, 3.8) is 0 Å². The topological polar surface area (TPSA) is 94.0 Å². The van der Waals surface area contributed by atoms with Crippen molar-refractivity contribution in [3.05, 3.63) is 40.6 Å². The molecule has 1 aromatic carbocycles. The SMILES string of the molecule is Cc1nnc(SCc2c(C(=O)NN)oc3ccccc23)s1. The van der Waals surface area contributed by atoms with E-state index in [0.717, 1.165) is 20.3 Å². The Balaban J connectivity index is 1.96. The van der Waals surface area contributed by atoms with Crippen LogP contribution in [0.3, 0.4) is 0 Å². The summed E-state index contributed by atoms with van der Waals surface area (Å²) in [6.45, 7) is 1.91. The number of carbonyl (C=O) groups is 1. The van der Waals surface area contributed by atoms with Crippen LogP contribution in [-0.4, -0.2) is 16.1 Å². The van der Waals surface area contributed by atoms with E-state index in [9.17, 15) is 4.79 Å². The number of hydrazine groups is 1. The molecule has 0 aliphatic heterocycles. The highest BCUT2D eigenvalue weighted by molar-refractivity contribution is 8.00. The lowest BCUT2D eigenvalue weighted by Gasteiger charge is -2.00. The van der Waals surface area contributed by atoms with Gasteiger partial charge in [0.05, 0.1) is 0 Å². The van der Waals surface area contributed by atoms with Gasteiger partial charge in [-0.25, -0.2) is 5.84 Å². The van der Waals surface area contributed by atoms with Crippen LogP contribution in [0.5, 0.6) is 0 Å². The molecule has 21 heavy (non-hydrogen) atoms. The average Bonchev–Trinajstić information content (AvgIpc) is 3.07. The Hall–Kier alpha value is -1.90. The molecule has 0 aliphatic carbocycles. The second kappa shape index (κ2) is 5.84. The molecule has 0 bridgehead atoms. The van der Waals surface area contributed by atoms with E-state index in [2.05, 4.69) is 15.6 Å². The summed E-state index contributed by atoms with van der Waals surface area (Å²) in [4.78, 5) is 11.9. The Kier molecular flexibility index (Phi) is 3.91. The van der Waals surface area contributed by atoms with Crippen LogP contribution in [-0.2, 0) is 5.75 Å². The maximum absolute atomic E-state index is 11.9. The minimum atomic E-state index is -0.435. The maximum atomic E-state index is 11.9. The Bertz CT molecular complexity index is 796. The second-order valence-corrected chi connectivity index (χ2v) is 6.66. The van der Waals surface area contributed by atoms with Crippen molar-refractivity contribution in [2.45, 2.75) is 17.0 Å². The summed E-state index contributed by atoms with van der Waals surface area (Å²) in [5, 5.41) is 9.86. The van der Waals surface area contributed by atoms with Gasteiger partial charge in [-0.05, 0) is 13.0 Å². The van der Waals surface area contributed by atoms with Gasteiger partial charge in [0.15, 0.2) is 10.1 Å². The minimum Gasteiger partial charge on any atom is -0.451 e. The molecule has 0 atom stereocenters. The van der Waals surface area contributed by atoms with Crippen LogP contribution in [0, 0.1) is 6.92 Å². The molecule has 108 valence electrons. The summed E-state index contributed by atoms with van der Waals surface area (Å²) in [6, 6.07) is 7.52. The highest BCUT2D eigenvalue weighted by Crippen LogP contribution is 2.32. The predicted octanol–water partition coefficient (Wildman–Crippen LogP) is 2.49. The Morgan fingerprint density at radius 2 is 2.24 bits per heavy atom. The molecule has 3 N–H and O–H groups in total. The molecule has 0 spiro atoms. The number of para-hydroxylation sites is 1. The number of nitrogens with zero attached hydrogens (tertiary/aromatic N) is 2. The van der Waals surface area contributed by atoms with Crippen LogP contribution >= 0.6 is 23.1 Å². The number of hydrogen-bond donors (Lipinski definition) is 2. The number of nitrogen functional groups attached to an aromatic ring is 1. The van der Waals surface area contributed by atoms with Gasteiger partial charge >= 0.3 is 5.91 Å². The van der Waals surface area contributed by atoms with Gasteiger partial charge in [-0.15, -0.1) is 10.2 Å². The zero-order valence-electron chi connectivity index (χ0n) is 11.1. The monoisotopic (exact) mass is 320 g/mol. The fourth-order valence-corrected chi connectivity index (χ4v) is 3.80. The van der Waals surface area contributed by atoms with Crippen molar-refractivity contribution in [1.82, 2.24) is 15.6 Å². The molecule has 1 amide bonds. The van der Waals surface area contributed by atoms with E-state index >= 15 is 0 Å². The fourth-order valence-electron chi connectivity index (χ4n) is 1.96. The lowest BCUT2D eigenvalue weighted by molar-refractivity contribution is 0.0927. The summed E-state index contributed by atoms with van der Waals surface area (Å²) < 4.78 is 6.47. The van der Waals surface area contributed by atoms with Crippen molar-refractivity contribution in [2.75, 3.05) is 0 Å². The van der Waals surface area contributed by atoms with Gasteiger partial charge in [0.1, 0.15) is 10.6 Å². The molecule has 2 heterocycles. The van der Waals surface area contributed by atoms with Crippen molar-refractivity contribution >= 4 is 40.0 Å². The molecule has 6 nitrogen and oxygen atoms in total. The molecular formula is C13H12N4O2S2. The normalized spacial score (nSPS) is 11.0. The highest BCUT2D eigenvalue weighted by atomic mass is 32.2. The third-order valence-electron chi connectivity index (χ3n) is 2.88. The van der Waals surface area contributed by atoms with Gasteiger partial charge < -0.3 is 4.42 Å². The van der Waals surface area contributed by atoms with E-state index in [4.69, 9.17) is 10.3 Å². The first-order valence-electron chi connectivity index (χ1n) is 6.13. The number of aryl methyl sites for hydroxylation is 1. The van der Waals surface area contributed by atoms with E-state index in [1.807, 2.05) is 31.2 Å². The van der Waals surface area contributed by atoms with Crippen LogP contribution in [0.4, 0.5) is 0 Å². The van der Waals surface area contributed by atoms with E-state index in [1.54, 1.807) is 0 Å². The molecule has 0 radical (unpaired) electrons. The first kappa shape index (κ1) is 14.1. The summed E-state index contributed by atoms with van der Waals surface area (Å²) in [5.74, 6) is 5.59. The van der Waals surface area contributed by atoms with Crippen LogP contribution in [0.25, 0.3) is 11.0 Å². The Morgan fingerprint density at radius 1 is 1.43 bits per heavy atom. The molecular weight excluding hydrogens is 308 g/mol. The quantitative estimate of drug-likeness (QED) is 0.332. The first-order valence-corrected chi connectivity index (χ1v) is 7.93. The highest BCUT2D eigenvalue weighted by Gasteiger charge is 2.20. The molecule has 3 aromatic rings. The number of nitrogens with two attached hydrogens (primary N) is 1. The van der Waals surface area contributed by atoms with Crippen LogP contribution < -0.4 is 11.3 Å². The first-order chi connectivity index (χ1) is 10.2. The van der Waals surface area contributed by atoms with Gasteiger partial charge in [-0.1, -0.05) is 41.3 Å². The summed E-state index contributed by atoms with van der Waals surface area (Å²) in [7, 11) is 0. The number of aromatic nitrogens is 2. The van der Waals surface area contributed by atoms with Gasteiger partial charge in [-0.3, -0.25) is 10.2 Å². The van der Waals surface area contributed by atoms with Crippen molar-refractivity contribution in [2.24, 2.45) is 5.84 Å². The standard InChI is InChI=1S/C13H12N4O2S2/c1-7-16-17-13(21-7)20-6-9-8-4-2-3-5-10(8)19-11(9)12(18)15-14/h2-5H,6,14H2,1H3,(H,15,18). The smallest absolute Gasteiger partial charge is 0.301 e. The number of nitrogens with one attached hydrogen (secondary N) is 1. The number of amides is 1.